The Labute approximate surface area is 139 Å². The van der Waals surface area contributed by atoms with E-state index in [-0.39, 0.29) is 0 Å². The molecule has 4 heteroatoms. The number of benzene rings is 2. The molecule has 0 N–H and O–H groups in total. The van der Waals surface area contributed by atoms with Gasteiger partial charge in [-0.2, -0.15) is 0 Å². The van der Waals surface area contributed by atoms with Crippen molar-refractivity contribution in [1.82, 2.24) is 4.98 Å². The molecule has 0 aliphatic rings. The predicted molar refractivity (Wildman–Crippen MR) is 89.4 cm³/mol. The van der Waals surface area contributed by atoms with Crippen LogP contribution in [-0.4, -0.2) is 11.0 Å². The fourth-order valence-electron chi connectivity index (χ4n) is 2.25. The van der Waals surface area contributed by atoms with Crippen LogP contribution in [0.25, 0.3) is 0 Å². The van der Waals surface area contributed by atoms with Crippen molar-refractivity contribution >= 4 is 17.6 Å². The highest BCUT2D eigenvalue weighted by Crippen LogP contribution is 2.26. The molecule has 0 saturated carbocycles. The van der Waals surface area contributed by atoms with Gasteiger partial charge in [-0.1, -0.05) is 54.1 Å². The highest BCUT2D eigenvalue weighted by atomic mass is 35.5. The number of carbonyl (C=O) groups is 1. The maximum absolute atomic E-state index is 12.4. The summed E-state index contributed by atoms with van der Waals surface area (Å²) in [5.74, 6) is -0.438. The summed E-state index contributed by atoms with van der Waals surface area (Å²) in [6.07, 6.45) is 1.11. The van der Waals surface area contributed by atoms with Crippen molar-refractivity contribution in [2.75, 3.05) is 0 Å². The molecule has 3 nitrogen and oxygen atoms in total. The average Bonchev–Trinajstić information content (AvgIpc) is 2.61. The molecule has 23 heavy (non-hydrogen) atoms. The number of halogens is 1. The largest absolute Gasteiger partial charge is 0.447 e. The van der Waals surface area contributed by atoms with E-state index in [1.165, 1.54) is 0 Å². The smallest absolute Gasteiger partial charge is 0.339 e. The van der Waals surface area contributed by atoms with Crippen LogP contribution in [0.2, 0.25) is 5.02 Å². The molecular formula is C19H14ClNO2. The average molecular weight is 324 g/mol. The van der Waals surface area contributed by atoms with E-state index in [2.05, 4.69) is 4.98 Å². The second-order valence-electron chi connectivity index (χ2n) is 4.96. The second-order valence-corrected chi connectivity index (χ2v) is 5.40. The Balaban J connectivity index is 1.92. The molecular weight excluding hydrogens is 310 g/mol. The minimum atomic E-state index is -0.566. The highest BCUT2D eigenvalue weighted by molar-refractivity contribution is 6.30. The van der Waals surface area contributed by atoms with Crippen molar-refractivity contribution in [3.63, 3.8) is 0 Å². The summed E-state index contributed by atoms with van der Waals surface area (Å²) in [5, 5.41) is 0.494. The van der Waals surface area contributed by atoms with Gasteiger partial charge in [0.25, 0.3) is 0 Å². The molecule has 3 rings (SSSR count). The van der Waals surface area contributed by atoms with Gasteiger partial charge in [0.2, 0.25) is 0 Å². The lowest BCUT2D eigenvalue weighted by Crippen LogP contribution is -2.14. The monoisotopic (exact) mass is 323 g/mol. The maximum Gasteiger partial charge on any atom is 0.339 e. The normalized spacial score (nSPS) is 11.7. The summed E-state index contributed by atoms with van der Waals surface area (Å²) >= 11 is 5.94. The van der Waals surface area contributed by atoms with E-state index >= 15 is 0 Å². The summed E-state index contributed by atoms with van der Waals surface area (Å²) < 4.78 is 5.70. The third kappa shape index (κ3) is 3.76. The number of hydrogen-bond donors (Lipinski definition) is 0. The zero-order chi connectivity index (χ0) is 16.1. The Hall–Kier alpha value is -2.65. The molecule has 1 aromatic heterocycles. The number of esters is 1. The molecule has 0 radical (unpaired) electrons. The van der Waals surface area contributed by atoms with Gasteiger partial charge in [-0.15, -0.1) is 0 Å². The van der Waals surface area contributed by atoms with Crippen LogP contribution in [0.4, 0.5) is 0 Å². The van der Waals surface area contributed by atoms with E-state index in [9.17, 15) is 4.79 Å². The summed E-state index contributed by atoms with van der Waals surface area (Å²) in [6.45, 7) is 0. The lowest BCUT2D eigenvalue weighted by atomic mass is 10.1. The predicted octanol–water partition coefficient (Wildman–Crippen LogP) is 4.68. The zero-order valence-electron chi connectivity index (χ0n) is 12.2. The molecule has 0 aliphatic heterocycles. The Bertz CT molecular complexity index is 751. The van der Waals surface area contributed by atoms with Crippen LogP contribution in [0.3, 0.4) is 0 Å². The number of hydrogen-bond acceptors (Lipinski definition) is 3. The maximum atomic E-state index is 12.4. The van der Waals surface area contributed by atoms with Crippen LogP contribution in [0.1, 0.15) is 27.7 Å². The van der Waals surface area contributed by atoms with Crippen LogP contribution in [0, 0.1) is 0 Å². The van der Waals surface area contributed by atoms with Crippen molar-refractivity contribution in [2.45, 2.75) is 6.10 Å². The molecule has 0 spiro atoms. The number of pyridine rings is 1. The summed E-state index contributed by atoms with van der Waals surface area (Å²) in [5.41, 5.74) is 1.95. The number of rotatable bonds is 4. The van der Waals surface area contributed by atoms with Gasteiger partial charge < -0.3 is 4.74 Å². The van der Waals surface area contributed by atoms with Gasteiger partial charge in [-0.25, -0.2) is 4.79 Å². The Morgan fingerprint density at radius 1 is 0.957 bits per heavy atom. The molecule has 0 amide bonds. The van der Waals surface area contributed by atoms with Crippen molar-refractivity contribution in [2.24, 2.45) is 0 Å². The first-order valence-electron chi connectivity index (χ1n) is 7.16. The van der Waals surface area contributed by atoms with Gasteiger partial charge in [-0.05, 0) is 35.9 Å². The van der Waals surface area contributed by atoms with Crippen molar-refractivity contribution < 1.29 is 9.53 Å². The van der Waals surface area contributed by atoms with Crippen LogP contribution < -0.4 is 0 Å². The van der Waals surface area contributed by atoms with Crippen LogP contribution in [-0.2, 0) is 4.74 Å². The number of carbonyl (C=O) groups excluding carboxylic acids is 1. The molecule has 0 saturated heterocycles. The molecule has 114 valence electrons. The van der Waals surface area contributed by atoms with Crippen LogP contribution in [0.15, 0.2) is 79.0 Å². The van der Waals surface area contributed by atoms with E-state index in [4.69, 9.17) is 16.3 Å². The minimum Gasteiger partial charge on any atom is -0.447 e. The lowest BCUT2D eigenvalue weighted by Gasteiger charge is -2.18. The number of aromatic nitrogens is 1. The van der Waals surface area contributed by atoms with Gasteiger partial charge in [0.1, 0.15) is 0 Å². The van der Waals surface area contributed by atoms with Crippen molar-refractivity contribution in [1.29, 1.82) is 0 Å². The SMILES string of the molecule is O=C(OC(c1ccccc1)c1ccccn1)c1cccc(Cl)c1. The molecule has 1 heterocycles. The molecule has 0 fully saturated rings. The number of nitrogens with zero attached hydrogens (tertiary/aromatic N) is 1. The third-order valence-electron chi connectivity index (χ3n) is 3.34. The van der Waals surface area contributed by atoms with Crippen molar-refractivity contribution in [3.8, 4) is 0 Å². The number of ether oxygens (including phenoxy) is 1. The molecule has 0 bridgehead atoms. The zero-order valence-corrected chi connectivity index (χ0v) is 13.0. The standard InChI is InChI=1S/C19H14ClNO2/c20-16-10-6-9-15(13-16)19(22)23-18(14-7-2-1-3-8-14)17-11-4-5-12-21-17/h1-13,18H. The first kappa shape index (κ1) is 15.3. The topological polar surface area (TPSA) is 39.2 Å². The second kappa shape index (κ2) is 7.07. The van der Waals surface area contributed by atoms with Crippen LogP contribution in [0.5, 0.6) is 0 Å². The third-order valence-corrected chi connectivity index (χ3v) is 3.58. The van der Waals surface area contributed by atoms with Crippen LogP contribution >= 0.6 is 11.6 Å². The first-order valence-corrected chi connectivity index (χ1v) is 7.54. The Morgan fingerprint density at radius 2 is 1.74 bits per heavy atom. The molecule has 0 aliphatic carbocycles. The summed E-state index contributed by atoms with van der Waals surface area (Å²) in [7, 11) is 0. The molecule has 3 aromatic rings. The summed E-state index contributed by atoms with van der Waals surface area (Å²) in [4.78, 5) is 16.8. The van der Waals surface area contributed by atoms with Gasteiger partial charge in [0.15, 0.2) is 6.10 Å². The minimum absolute atomic E-state index is 0.411. The molecule has 1 atom stereocenters. The Morgan fingerprint density at radius 3 is 2.43 bits per heavy atom. The van der Waals surface area contributed by atoms with E-state index in [0.717, 1.165) is 5.56 Å². The van der Waals surface area contributed by atoms with E-state index in [0.29, 0.717) is 16.3 Å². The summed E-state index contributed by atoms with van der Waals surface area (Å²) in [6, 6.07) is 21.8. The highest BCUT2D eigenvalue weighted by Gasteiger charge is 2.21. The van der Waals surface area contributed by atoms with E-state index in [1.54, 1.807) is 30.5 Å². The molecule has 2 aromatic carbocycles. The van der Waals surface area contributed by atoms with E-state index in [1.807, 2.05) is 48.5 Å². The van der Waals surface area contributed by atoms with Gasteiger partial charge in [-0.3, -0.25) is 4.98 Å². The van der Waals surface area contributed by atoms with Gasteiger partial charge in [0, 0.05) is 11.2 Å². The fourth-order valence-corrected chi connectivity index (χ4v) is 2.44. The van der Waals surface area contributed by atoms with Crippen molar-refractivity contribution in [3.05, 3.63) is 101 Å². The van der Waals surface area contributed by atoms with Gasteiger partial charge >= 0.3 is 5.97 Å². The van der Waals surface area contributed by atoms with Gasteiger partial charge in [0.05, 0.1) is 11.3 Å². The van der Waals surface area contributed by atoms with E-state index < -0.39 is 12.1 Å². The first-order chi connectivity index (χ1) is 11.2. The quantitative estimate of drug-likeness (QED) is 0.654. The molecule has 1 unspecified atom stereocenters. The lowest BCUT2D eigenvalue weighted by molar-refractivity contribution is 0.0370. The fraction of sp³-hybridized carbons (Fsp3) is 0.0526. The Kier molecular flexibility index (Phi) is 4.69.